The molecule has 0 aromatic heterocycles. The van der Waals surface area contributed by atoms with Gasteiger partial charge in [0.25, 0.3) is 0 Å². The number of hydrogen-bond donors (Lipinski definition) is 0. The smallest absolute Gasteiger partial charge is 0.0621 e. The van der Waals surface area contributed by atoms with Crippen molar-refractivity contribution in [2.24, 2.45) is 35.0 Å². The standard InChI is InChI=1S/C22H33N/c1-4-12-22-13-11-19-18(6-5-14-23)17(3)8-9-20(19)21(22)10-7-16(2)15-22/h4,16,18-21H,1,3,5-13,15H2,2H3/t16-,18?,19-,20?,21+,22+/m0/s1. The highest BCUT2D eigenvalue weighted by Gasteiger charge is 2.52. The zero-order chi connectivity index (χ0) is 16.4. The van der Waals surface area contributed by atoms with E-state index < -0.39 is 0 Å². The lowest BCUT2D eigenvalue weighted by Crippen LogP contribution is -2.49. The summed E-state index contributed by atoms with van der Waals surface area (Å²) in [6, 6.07) is 2.37. The fraction of sp³-hybridized carbons (Fsp3) is 0.773. The SMILES string of the molecule is C=CC[C@]12CC[C@H]3C(CCC#N)C(=C)CCC3[C@H]1CC[C@H](C)C2. The minimum atomic E-state index is 0.541. The summed E-state index contributed by atoms with van der Waals surface area (Å²) in [6.07, 6.45) is 14.7. The number of nitriles is 1. The van der Waals surface area contributed by atoms with Crippen molar-refractivity contribution in [3.63, 3.8) is 0 Å². The summed E-state index contributed by atoms with van der Waals surface area (Å²) in [5, 5.41) is 9.02. The molecule has 3 saturated carbocycles. The van der Waals surface area contributed by atoms with Crippen molar-refractivity contribution in [3.05, 3.63) is 24.8 Å². The van der Waals surface area contributed by atoms with Gasteiger partial charge in [0.1, 0.15) is 0 Å². The molecule has 1 nitrogen and oxygen atoms in total. The second-order valence-corrected chi connectivity index (χ2v) is 8.71. The van der Waals surface area contributed by atoms with Crippen LogP contribution < -0.4 is 0 Å². The fourth-order valence-electron chi connectivity index (χ4n) is 6.66. The molecule has 3 rings (SSSR count). The van der Waals surface area contributed by atoms with Crippen LogP contribution in [0.25, 0.3) is 0 Å². The summed E-state index contributed by atoms with van der Waals surface area (Å²) in [7, 11) is 0. The Hall–Kier alpha value is -1.03. The monoisotopic (exact) mass is 311 g/mol. The van der Waals surface area contributed by atoms with E-state index in [9.17, 15) is 0 Å². The lowest BCUT2D eigenvalue weighted by atomic mass is 9.47. The Morgan fingerprint density at radius 1 is 1.26 bits per heavy atom. The van der Waals surface area contributed by atoms with Crippen LogP contribution in [0.5, 0.6) is 0 Å². The van der Waals surface area contributed by atoms with Gasteiger partial charge in [-0.25, -0.2) is 0 Å². The first-order chi connectivity index (χ1) is 11.1. The lowest BCUT2D eigenvalue weighted by molar-refractivity contribution is -0.0678. The summed E-state index contributed by atoms with van der Waals surface area (Å²) in [5.74, 6) is 4.09. The van der Waals surface area contributed by atoms with E-state index in [4.69, 9.17) is 5.26 Å². The molecule has 0 bridgehead atoms. The van der Waals surface area contributed by atoms with Gasteiger partial charge < -0.3 is 0 Å². The maximum atomic E-state index is 9.02. The normalized spacial score (nSPS) is 43.1. The van der Waals surface area contributed by atoms with Gasteiger partial charge >= 0.3 is 0 Å². The highest BCUT2D eigenvalue weighted by atomic mass is 14.6. The van der Waals surface area contributed by atoms with E-state index in [1.807, 2.05) is 0 Å². The van der Waals surface area contributed by atoms with Gasteiger partial charge in [0.2, 0.25) is 0 Å². The minimum absolute atomic E-state index is 0.541. The van der Waals surface area contributed by atoms with E-state index in [0.29, 0.717) is 17.8 Å². The minimum Gasteiger partial charge on any atom is -0.198 e. The average molecular weight is 312 g/mol. The second-order valence-electron chi connectivity index (χ2n) is 8.71. The third-order valence-corrected chi connectivity index (χ3v) is 7.51. The van der Waals surface area contributed by atoms with E-state index in [0.717, 1.165) is 30.1 Å². The third-order valence-electron chi connectivity index (χ3n) is 7.51. The second kappa shape index (κ2) is 6.84. The summed E-state index contributed by atoms with van der Waals surface area (Å²) >= 11 is 0. The quantitative estimate of drug-likeness (QED) is 0.560. The lowest BCUT2D eigenvalue weighted by Gasteiger charge is -2.58. The number of allylic oxidation sites excluding steroid dienone is 2. The molecule has 2 unspecified atom stereocenters. The molecule has 0 radical (unpaired) electrons. The van der Waals surface area contributed by atoms with Crippen molar-refractivity contribution in [2.75, 3.05) is 0 Å². The van der Waals surface area contributed by atoms with Crippen LogP contribution in [-0.2, 0) is 0 Å². The molecular weight excluding hydrogens is 278 g/mol. The van der Waals surface area contributed by atoms with Gasteiger partial charge in [0.15, 0.2) is 0 Å². The van der Waals surface area contributed by atoms with Crippen LogP contribution >= 0.6 is 0 Å². The summed E-state index contributed by atoms with van der Waals surface area (Å²) in [6.45, 7) is 10.9. The van der Waals surface area contributed by atoms with E-state index in [2.05, 4.69) is 32.2 Å². The fourth-order valence-corrected chi connectivity index (χ4v) is 6.66. The van der Waals surface area contributed by atoms with Crippen LogP contribution in [0.3, 0.4) is 0 Å². The molecule has 0 spiro atoms. The van der Waals surface area contributed by atoms with Crippen molar-refractivity contribution in [1.82, 2.24) is 0 Å². The molecule has 0 aromatic rings. The van der Waals surface area contributed by atoms with Crippen LogP contribution in [0.4, 0.5) is 0 Å². The van der Waals surface area contributed by atoms with Gasteiger partial charge in [-0.1, -0.05) is 31.6 Å². The van der Waals surface area contributed by atoms with Crippen molar-refractivity contribution < 1.29 is 0 Å². The first-order valence-corrected chi connectivity index (χ1v) is 9.77. The van der Waals surface area contributed by atoms with Crippen LogP contribution in [0.1, 0.15) is 71.1 Å². The van der Waals surface area contributed by atoms with E-state index in [1.54, 1.807) is 0 Å². The molecule has 3 aliphatic carbocycles. The molecule has 3 fully saturated rings. The van der Waals surface area contributed by atoms with Gasteiger partial charge in [0, 0.05) is 6.42 Å². The number of nitrogens with zero attached hydrogens (tertiary/aromatic N) is 1. The molecule has 126 valence electrons. The Bertz CT molecular complexity index is 499. The molecule has 0 aromatic carbocycles. The zero-order valence-electron chi connectivity index (χ0n) is 14.9. The molecule has 0 N–H and O–H groups in total. The number of rotatable bonds is 4. The highest BCUT2D eigenvalue weighted by Crippen LogP contribution is 2.62. The van der Waals surface area contributed by atoms with Gasteiger partial charge in [-0.05, 0) is 86.4 Å². The van der Waals surface area contributed by atoms with Gasteiger partial charge in [-0.3, -0.25) is 0 Å². The van der Waals surface area contributed by atoms with E-state index in [-0.39, 0.29) is 0 Å². The van der Waals surface area contributed by atoms with E-state index in [1.165, 1.54) is 56.9 Å². The Balaban J connectivity index is 1.84. The summed E-state index contributed by atoms with van der Waals surface area (Å²) < 4.78 is 0. The highest BCUT2D eigenvalue weighted by molar-refractivity contribution is 5.13. The first kappa shape index (κ1) is 16.8. The zero-order valence-corrected chi connectivity index (χ0v) is 14.9. The number of hydrogen-bond acceptors (Lipinski definition) is 1. The topological polar surface area (TPSA) is 23.8 Å². The van der Waals surface area contributed by atoms with E-state index >= 15 is 0 Å². The predicted octanol–water partition coefficient (Wildman–Crippen LogP) is 6.28. The van der Waals surface area contributed by atoms with Gasteiger partial charge in [-0.2, -0.15) is 5.26 Å². The van der Waals surface area contributed by atoms with Gasteiger partial charge in [-0.15, -0.1) is 6.58 Å². The van der Waals surface area contributed by atoms with Crippen LogP contribution in [0.2, 0.25) is 0 Å². The van der Waals surface area contributed by atoms with Crippen LogP contribution in [0.15, 0.2) is 24.8 Å². The van der Waals surface area contributed by atoms with Gasteiger partial charge in [0.05, 0.1) is 6.07 Å². The predicted molar refractivity (Wildman–Crippen MR) is 96.7 cm³/mol. The summed E-state index contributed by atoms with van der Waals surface area (Å²) in [4.78, 5) is 0. The van der Waals surface area contributed by atoms with Crippen molar-refractivity contribution in [3.8, 4) is 6.07 Å². The maximum absolute atomic E-state index is 9.02. The summed E-state index contributed by atoms with van der Waals surface area (Å²) in [5.41, 5.74) is 1.99. The Kier molecular flexibility index (Phi) is 5.00. The number of fused-ring (bicyclic) bond motifs is 3. The third kappa shape index (κ3) is 3.02. The molecule has 1 heteroatoms. The van der Waals surface area contributed by atoms with Crippen molar-refractivity contribution in [2.45, 2.75) is 71.1 Å². The Labute approximate surface area is 142 Å². The Morgan fingerprint density at radius 2 is 2.09 bits per heavy atom. The molecule has 0 amide bonds. The van der Waals surface area contributed by atoms with Crippen LogP contribution in [0, 0.1) is 46.3 Å². The molecule has 0 saturated heterocycles. The Morgan fingerprint density at radius 3 is 2.83 bits per heavy atom. The van der Waals surface area contributed by atoms with Crippen molar-refractivity contribution in [1.29, 1.82) is 5.26 Å². The van der Waals surface area contributed by atoms with Crippen molar-refractivity contribution >= 4 is 0 Å². The molecule has 0 aliphatic heterocycles. The van der Waals surface area contributed by atoms with Crippen LogP contribution in [-0.4, -0.2) is 0 Å². The molecule has 3 aliphatic rings. The molecule has 6 atom stereocenters. The molecule has 0 heterocycles. The maximum Gasteiger partial charge on any atom is 0.0621 e. The first-order valence-electron chi connectivity index (χ1n) is 9.77. The molecule has 23 heavy (non-hydrogen) atoms. The molecular formula is C22H33N. The largest absolute Gasteiger partial charge is 0.198 e. The average Bonchev–Trinajstić information content (AvgIpc) is 2.53.